The van der Waals surface area contributed by atoms with Gasteiger partial charge in [0.1, 0.15) is 12.1 Å². The van der Waals surface area contributed by atoms with Gasteiger partial charge in [-0.1, -0.05) is 64.2 Å². The third-order valence-corrected chi connectivity index (χ3v) is 8.56. The molecule has 2 amide bonds. The number of nitrogens with one attached hydrogen (secondary N) is 2. The van der Waals surface area contributed by atoms with Gasteiger partial charge in [-0.25, -0.2) is 8.42 Å². The Hall–Kier alpha value is -2.41. The van der Waals surface area contributed by atoms with Crippen molar-refractivity contribution < 1.29 is 28.2 Å². The number of terminal acetylenes is 1. The van der Waals surface area contributed by atoms with Gasteiger partial charge in [0.05, 0.1) is 22.8 Å². The molecule has 0 radical (unpaired) electrons. The van der Waals surface area contributed by atoms with Crippen molar-refractivity contribution in [3.63, 3.8) is 0 Å². The summed E-state index contributed by atoms with van der Waals surface area (Å²) >= 11 is 0. The summed E-state index contributed by atoms with van der Waals surface area (Å²) in [7, 11) is -3.65. The zero-order valence-electron chi connectivity index (χ0n) is 21.9. The molecule has 0 aliphatic heterocycles. The predicted molar refractivity (Wildman–Crippen MR) is 143 cm³/mol. The summed E-state index contributed by atoms with van der Waals surface area (Å²) < 4.78 is 25.0. The number of hydrogen-bond acceptors (Lipinski definition) is 6. The van der Waals surface area contributed by atoms with Crippen LogP contribution in [0.25, 0.3) is 0 Å². The van der Waals surface area contributed by atoms with Gasteiger partial charge >= 0.3 is 0 Å². The van der Waals surface area contributed by atoms with Gasteiger partial charge in [-0.2, -0.15) is 0 Å². The van der Waals surface area contributed by atoms with Crippen molar-refractivity contribution in [3.05, 3.63) is 30.3 Å². The molecule has 37 heavy (non-hydrogen) atoms. The molecule has 2 rings (SSSR count). The van der Waals surface area contributed by atoms with Gasteiger partial charge in [0.25, 0.3) is 0 Å². The van der Waals surface area contributed by atoms with Crippen LogP contribution in [0.5, 0.6) is 0 Å². The lowest BCUT2D eigenvalue weighted by molar-refractivity contribution is -0.130. The molecule has 206 valence electrons. The molecule has 1 aromatic carbocycles. The van der Waals surface area contributed by atoms with E-state index in [0.717, 1.165) is 25.7 Å². The Morgan fingerprint density at radius 1 is 1.08 bits per heavy atom. The quantitative estimate of drug-likeness (QED) is 0.271. The van der Waals surface area contributed by atoms with E-state index in [1.807, 2.05) is 13.8 Å². The Kier molecular flexibility index (Phi) is 12.6. The van der Waals surface area contributed by atoms with Crippen LogP contribution < -0.4 is 10.6 Å². The Morgan fingerprint density at radius 3 is 2.32 bits per heavy atom. The summed E-state index contributed by atoms with van der Waals surface area (Å²) in [6, 6.07) is 6.07. The number of aliphatic hydroxyl groups is 2. The second-order valence-corrected chi connectivity index (χ2v) is 12.6. The molecular weight excluding hydrogens is 492 g/mol. The van der Waals surface area contributed by atoms with E-state index in [1.54, 1.807) is 18.2 Å². The van der Waals surface area contributed by atoms with Crippen molar-refractivity contribution in [2.45, 2.75) is 101 Å². The highest BCUT2D eigenvalue weighted by atomic mass is 32.2. The van der Waals surface area contributed by atoms with Gasteiger partial charge < -0.3 is 20.8 Å². The van der Waals surface area contributed by atoms with Crippen LogP contribution in [0, 0.1) is 24.2 Å². The van der Waals surface area contributed by atoms with E-state index < -0.39 is 51.7 Å². The summed E-state index contributed by atoms with van der Waals surface area (Å²) in [6.07, 6.45) is 9.12. The Bertz CT molecular complexity index is 999. The molecule has 1 aliphatic rings. The van der Waals surface area contributed by atoms with Crippen molar-refractivity contribution in [2.75, 3.05) is 5.75 Å². The SMILES string of the molecule is C#CC[C@@H](NC(=O)CCS(=O)(=O)c1ccccc1)C(=O)N[C@H](CC1CCCCC1)[C@@H](O)[C@@H](O)CC(C)C. The molecule has 8 nitrogen and oxygen atoms in total. The van der Waals surface area contributed by atoms with Crippen molar-refractivity contribution in [1.82, 2.24) is 10.6 Å². The number of benzene rings is 1. The maximum Gasteiger partial charge on any atom is 0.243 e. The van der Waals surface area contributed by atoms with Gasteiger partial charge in [0.2, 0.25) is 11.8 Å². The molecule has 0 bridgehead atoms. The lowest BCUT2D eigenvalue weighted by Gasteiger charge is -2.33. The average Bonchev–Trinajstić information content (AvgIpc) is 2.87. The molecule has 4 N–H and O–H groups in total. The van der Waals surface area contributed by atoms with Crippen LogP contribution in [0.1, 0.15) is 71.6 Å². The van der Waals surface area contributed by atoms with E-state index in [-0.39, 0.29) is 23.7 Å². The summed E-state index contributed by atoms with van der Waals surface area (Å²) in [5.74, 6) is 1.29. The van der Waals surface area contributed by atoms with Crippen LogP contribution >= 0.6 is 0 Å². The fraction of sp³-hybridized carbons (Fsp3) is 0.643. The number of carbonyl (C=O) groups is 2. The molecule has 1 fully saturated rings. The standard InChI is InChI=1S/C28H42N2O6S/c1-4-11-23(29-26(32)16-17-37(35,36)22-14-9-6-10-15-22)28(34)30-24(19-21-12-7-5-8-13-21)27(33)25(31)18-20(2)3/h1,6,9-10,14-15,20-21,23-25,27,31,33H,5,7-8,11-13,16-19H2,2-3H3,(H,29,32)(H,30,34)/t23-,24-,25+,27-/m1/s1. The lowest BCUT2D eigenvalue weighted by Crippen LogP contribution is -2.55. The van der Waals surface area contributed by atoms with Crippen LogP contribution in [-0.2, 0) is 19.4 Å². The van der Waals surface area contributed by atoms with E-state index in [4.69, 9.17) is 6.42 Å². The smallest absolute Gasteiger partial charge is 0.243 e. The maximum atomic E-state index is 13.2. The molecule has 0 aromatic heterocycles. The van der Waals surface area contributed by atoms with Gasteiger partial charge in [-0.05, 0) is 36.8 Å². The number of sulfone groups is 1. The number of aliphatic hydroxyl groups excluding tert-OH is 2. The van der Waals surface area contributed by atoms with Crippen LogP contribution in [-0.4, -0.2) is 60.5 Å². The molecule has 1 aromatic rings. The van der Waals surface area contributed by atoms with Crippen molar-refractivity contribution in [1.29, 1.82) is 0 Å². The molecule has 0 unspecified atom stereocenters. The third kappa shape index (κ3) is 10.5. The van der Waals surface area contributed by atoms with Crippen LogP contribution in [0.15, 0.2) is 35.2 Å². The van der Waals surface area contributed by atoms with E-state index in [1.165, 1.54) is 18.6 Å². The first-order valence-corrected chi connectivity index (χ1v) is 14.9. The molecule has 0 saturated heterocycles. The predicted octanol–water partition coefficient (Wildman–Crippen LogP) is 2.58. The zero-order valence-corrected chi connectivity index (χ0v) is 22.8. The van der Waals surface area contributed by atoms with Crippen molar-refractivity contribution >= 4 is 21.7 Å². The summed E-state index contributed by atoms with van der Waals surface area (Å²) in [4.78, 5) is 25.8. The first-order valence-electron chi connectivity index (χ1n) is 13.2. The Morgan fingerprint density at radius 2 is 1.73 bits per heavy atom. The van der Waals surface area contributed by atoms with E-state index in [9.17, 15) is 28.2 Å². The van der Waals surface area contributed by atoms with E-state index >= 15 is 0 Å². The molecule has 1 saturated carbocycles. The molecule has 0 heterocycles. The molecular formula is C28H42N2O6S. The Labute approximate surface area is 221 Å². The van der Waals surface area contributed by atoms with Gasteiger partial charge in [0.15, 0.2) is 9.84 Å². The zero-order chi connectivity index (χ0) is 27.4. The minimum Gasteiger partial charge on any atom is -0.390 e. The number of hydrogen-bond donors (Lipinski definition) is 4. The van der Waals surface area contributed by atoms with Crippen LogP contribution in [0.3, 0.4) is 0 Å². The number of amides is 2. The third-order valence-electron chi connectivity index (χ3n) is 6.83. The highest BCUT2D eigenvalue weighted by Crippen LogP contribution is 2.29. The minimum atomic E-state index is -3.65. The van der Waals surface area contributed by atoms with E-state index in [0.29, 0.717) is 18.8 Å². The molecule has 1 aliphatic carbocycles. The fourth-order valence-corrected chi connectivity index (χ4v) is 6.07. The number of carbonyl (C=O) groups excluding carboxylic acids is 2. The normalized spacial score (nSPS) is 17.8. The maximum absolute atomic E-state index is 13.2. The second-order valence-electron chi connectivity index (χ2n) is 10.5. The second kappa shape index (κ2) is 15.1. The topological polar surface area (TPSA) is 133 Å². The highest BCUT2D eigenvalue weighted by Gasteiger charge is 2.33. The van der Waals surface area contributed by atoms with Crippen molar-refractivity contribution in [2.24, 2.45) is 11.8 Å². The lowest BCUT2D eigenvalue weighted by atomic mass is 9.82. The van der Waals surface area contributed by atoms with Crippen molar-refractivity contribution in [3.8, 4) is 12.3 Å². The molecule has 9 heteroatoms. The fourth-order valence-electron chi connectivity index (χ4n) is 4.81. The summed E-state index contributed by atoms with van der Waals surface area (Å²) in [5, 5.41) is 26.9. The Balaban J connectivity index is 2.05. The molecule has 0 spiro atoms. The summed E-state index contributed by atoms with van der Waals surface area (Å²) in [5.41, 5.74) is 0. The first kappa shape index (κ1) is 30.8. The van der Waals surface area contributed by atoms with Gasteiger partial charge in [0, 0.05) is 12.8 Å². The highest BCUT2D eigenvalue weighted by molar-refractivity contribution is 7.91. The minimum absolute atomic E-state index is 0.0935. The number of rotatable bonds is 14. The van der Waals surface area contributed by atoms with Crippen LogP contribution in [0.4, 0.5) is 0 Å². The molecule has 4 atom stereocenters. The monoisotopic (exact) mass is 534 g/mol. The summed E-state index contributed by atoms with van der Waals surface area (Å²) in [6.45, 7) is 3.89. The van der Waals surface area contributed by atoms with E-state index in [2.05, 4.69) is 16.6 Å². The van der Waals surface area contributed by atoms with Crippen LogP contribution in [0.2, 0.25) is 0 Å². The first-order chi connectivity index (χ1) is 17.5. The largest absolute Gasteiger partial charge is 0.390 e. The van der Waals surface area contributed by atoms with Gasteiger partial charge in [-0.3, -0.25) is 9.59 Å². The average molecular weight is 535 g/mol. The van der Waals surface area contributed by atoms with Gasteiger partial charge in [-0.15, -0.1) is 12.3 Å².